The quantitative estimate of drug-likeness (QED) is 0.366. The first kappa shape index (κ1) is 27.1. The first-order chi connectivity index (χ1) is 17.1. The summed E-state index contributed by atoms with van der Waals surface area (Å²) in [5.74, 6) is -1.29. The maximum atomic E-state index is 12.7. The number of methoxy groups -OCH3 is 1. The number of nitrogens with one attached hydrogen (secondary N) is 1. The van der Waals surface area contributed by atoms with Gasteiger partial charge in [0, 0.05) is 5.69 Å². The molecular formula is C25H25ClN2O7S. The molecule has 1 N–H and O–H groups in total. The van der Waals surface area contributed by atoms with Gasteiger partial charge in [0.2, 0.25) is 0 Å². The van der Waals surface area contributed by atoms with Gasteiger partial charge in [-0.3, -0.25) is 24.1 Å². The van der Waals surface area contributed by atoms with E-state index in [1.165, 1.54) is 19.3 Å². The van der Waals surface area contributed by atoms with Gasteiger partial charge in [0.1, 0.15) is 6.54 Å². The number of aryl methyl sites for hydroxylation is 1. The Hall–Kier alpha value is -3.50. The van der Waals surface area contributed by atoms with Crippen molar-refractivity contribution in [1.29, 1.82) is 0 Å². The number of hydrogen-bond acceptors (Lipinski definition) is 8. The third-order valence-corrected chi connectivity index (χ3v) is 5.95. The van der Waals surface area contributed by atoms with E-state index in [9.17, 15) is 19.2 Å². The maximum absolute atomic E-state index is 12.7. The molecule has 0 unspecified atom stereocenters. The average Bonchev–Trinajstić information content (AvgIpc) is 3.06. The molecule has 0 bridgehead atoms. The van der Waals surface area contributed by atoms with Crippen molar-refractivity contribution in [2.45, 2.75) is 26.9 Å². The van der Waals surface area contributed by atoms with Crippen molar-refractivity contribution in [3.63, 3.8) is 0 Å². The number of anilines is 1. The third-order valence-electron chi connectivity index (χ3n) is 4.76. The molecule has 0 saturated carbocycles. The SMILES string of the molecule is COc1cc(/C=C2/SC(=O)N(CC(=O)OC(C)C)C2=O)cc(Cl)c1OCC(=O)Nc1ccc(C)cc1. The fraction of sp³-hybridized carbons (Fsp3) is 0.280. The second-order valence-corrected chi connectivity index (χ2v) is 9.44. The highest BCUT2D eigenvalue weighted by Gasteiger charge is 2.37. The summed E-state index contributed by atoms with van der Waals surface area (Å²) in [6, 6.07) is 10.4. The fourth-order valence-corrected chi connectivity index (χ4v) is 4.26. The Morgan fingerprint density at radius 3 is 2.50 bits per heavy atom. The van der Waals surface area contributed by atoms with Crippen LogP contribution in [0.3, 0.4) is 0 Å². The second-order valence-electron chi connectivity index (χ2n) is 8.04. The summed E-state index contributed by atoms with van der Waals surface area (Å²) in [7, 11) is 1.41. The lowest BCUT2D eigenvalue weighted by molar-refractivity contribution is -0.149. The molecule has 0 radical (unpaired) electrons. The molecule has 0 atom stereocenters. The minimum atomic E-state index is -0.675. The molecule has 3 amide bonds. The van der Waals surface area contributed by atoms with Crippen molar-refractivity contribution in [2.75, 3.05) is 25.6 Å². The molecule has 0 spiro atoms. The van der Waals surface area contributed by atoms with E-state index >= 15 is 0 Å². The Labute approximate surface area is 217 Å². The van der Waals surface area contributed by atoms with Crippen LogP contribution in [0.15, 0.2) is 41.3 Å². The van der Waals surface area contributed by atoms with Gasteiger partial charge in [-0.25, -0.2) is 0 Å². The predicted octanol–water partition coefficient (Wildman–Crippen LogP) is 4.66. The van der Waals surface area contributed by atoms with E-state index in [1.807, 2.05) is 19.1 Å². The lowest BCUT2D eigenvalue weighted by atomic mass is 10.1. The smallest absolute Gasteiger partial charge is 0.326 e. The van der Waals surface area contributed by atoms with Crippen molar-refractivity contribution < 1.29 is 33.4 Å². The van der Waals surface area contributed by atoms with E-state index in [4.69, 9.17) is 25.8 Å². The van der Waals surface area contributed by atoms with Gasteiger partial charge in [-0.05, 0) is 68.4 Å². The van der Waals surface area contributed by atoms with E-state index in [-0.39, 0.29) is 40.0 Å². The molecule has 2 aromatic carbocycles. The number of imide groups is 1. The van der Waals surface area contributed by atoms with Crippen LogP contribution in [0.2, 0.25) is 5.02 Å². The van der Waals surface area contributed by atoms with Crippen LogP contribution < -0.4 is 14.8 Å². The second kappa shape index (κ2) is 12.0. The van der Waals surface area contributed by atoms with Gasteiger partial charge < -0.3 is 19.5 Å². The summed E-state index contributed by atoms with van der Waals surface area (Å²) >= 11 is 7.07. The molecule has 1 saturated heterocycles. The number of thioether (sulfide) groups is 1. The van der Waals surface area contributed by atoms with Crippen LogP contribution in [0.1, 0.15) is 25.0 Å². The van der Waals surface area contributed by atoms with Crippen molar-refractivity contribution in [1.82, 2.24) is 4.90 Å². The predicted molar refractivity (Wildman–Crippen MR) is 137 cm³/mol. The van der Waals surface area contributed by atoms with Gasteiger partial charge in [-0.1, -0.05) is 29.3 Å². The zero-order valence-corrected chi connectivity index (χ0v) is 21.7. The number of amides is 3. The lowest BCUT2D eigenvalue weighted by Crippen LogP contribution is -2.35. The highest BCUT2D eigenvalue weighted by molar-refractivity contribution is 8.18. The summed E-state index contributed by atoms with van der Waals surface area (Å²) in [4.78, 5) is 50.0. The van der Waals surface area contributed by atoms with Crippen molar-refractivity contribution in [3.8, 4) is 11.5 Å². The number of hydrogen-bond donors (Lipinski definition) is 1. The lowest BCUT2D eigenvalue weighted by Gasteiger charge is -2.14. The van der Waals surface area contributed by atoms with Gasteiger partial charge in [-0.2, -0.15) is 0 Å². The Kier molecular flexibility index (Phi) is 9.00. The summed E-state index contributed by atoms with van der Waals surface area (Å²) < 4.78 is 16.0. The molecule has 0 aliphatic carbocycles. The van der Waals surface area contributed by atoms with Crippen LogP contribution in [0.5, 0.6) is 11.5 Å². The summed E-state index contributed by atoms with van der Waals surface area (Å²) in [6.45, 7) is 4.51. The highest BCUT2D eigenvalue weighted by Crippen LogP contribution is 2.39. The topological polar surface area (TPSA) is 111 Å². The summed E-state index contributed by atoms with van der Waals surface area (Å²) in [5.41, 5.74) is 2.16. The van der Waals surface area contributed by atoms with E-state index in [0.29, 0.717) is 23.0 Å². The molecule has 1 aliphatic heterocycles. The first-order valence-corrected chi connectivity index (χ1v) is 12.1. The van der Waals surface area contributed by atoms with Crippen LogP contribution in [-0.2, 0) is 19.1 Å². The van der Waals surface area contributed by atoms with E-state index in [2.05, 4.69) is 5.32 Å². The molecule has 3 rings (SSSR count). The zero-order chi connectivity index (χ0) is 26.4. The Bertz CT molecular complexity index is 1210. The van der Waals surface area contributed by atoms with Crippen LogP contribution in [0.4, 0.5) is 10.5 Å². The molecular weight excluding hydrogens is 508 g/mol. The van der Waals surface area contributed by atoms with Crippen LogP contribution in [0.25, 0.3) is 6.08 Å². The Morgan fingerprint density at radius 2 is 1.86 bits per heavy atom. The number of benzene rings is 2. The first-order valence-electron chi connectivity index (χ1n) is 10.9. The largest absolute Gasteiger partial charge is 0.493 e. The van der Waals surface area contributed by atoms with Crippen molar-refractivity contribution in [2.24, 2.45) is 0 Å². The number of carbonyl (C=O) groups excluding carboxylic acids is 4. The molecule has 1 aliphatic rings. The minimum absolute atomic E-state index is 0.113. The van der Waals surface area contributed by atoms with Gasteiger partial charge in [0.05, 0.1) is 23.1 Å². The highest BCUT2D eigenvalue weighted by atomic mass is 35.5. The number of esters is 1. The van der Waals surface area contributed by atoms with Gasteiger partial charge in [-0.15, -0.1) is 0 Å². The van der Waals surface area contributed by atoms with Crippen LogP contribution in [0, 0.1) is 6.92 Å². The third kappa shape index (κ3) is 7.02. The Morgan fingerprint density at radius 1 is 1.17 bits per heavy atom. The minimum Gasteiger partial charge on any atom is -0.493 e. The Balaban J connectivity index is 1.70. The van der Waals surface area contributed by atoms with E-state index in [0.717, 1.165) is 10.5 Å². The summed E-state index contributed by atoms with van der Waals surface area (Å²) in [6.07, 6.45) is 1.10. The molecule has 1 fully saturated rings. The number of carbonyl (C=O) groups is 4. The molecule has 11 heteroatoms. The number of rotatable bonds is 9. The molecule has 0 aromatic heterocycles. The van der Waals surface area contributed by atoms with E-state index in [1.54, 1.807) is 32.0 Å². The number of ether oxygens (including phenoxy) is 3. The fourth-order valence-electron chi connectivity index (χ4n) is 3.15. The standard InChI is InChI=1S/C25H25ClN2O7S/c1-14(2)35-22(30)12-28-24(31)20(36-25(28)32)11-16-9-18(26)23(19(10-16)33-4)34-13-21(29)27-17-7-5-15(3)6-8-17/h5-11,14H,12-13H2,1-4H3,(H,27,29)/b20-11+. The van der Waals surface area contributed by atoms with Crippen LogP contribution >= 0.6 is 23.4 Å². The maximum Gasteiger partial charge on any atom is 0.326 e. The average molecular weight is 533 g/mol. The van der Waals surface area contributed by atoms with Crippen molar-refractivity contribution >= 4 is 58.1 Å². The molecule has 36 heavy (non-hydrogen) atoms. The van der Waals surface area contributed by atoms with Gasteiger partial charge in [0.15, 0.2) is 18.1 Å². The zero-order valence-electron chi connectivity index (χ0n) is 20.1. The molecule has 190 valence electrons. The normalized spacial score (nSPS) is 14.4. The monoisotopic (exact) mass is 532 g/mol. The number of nitrogens with zero attached hydrogens (tertiary/aromatic N) is 1. The summed E-state index contributed by atoms with van der Waals surface area (Å²) in [5, 5.41) is 2.29. The van der Waals surface area contributed by atoms with Crippen LogP contribution in [-0.4, -0.2) is 54.3 Å². The molecule has 9 nitrogen and oxygen atoms in total. The van der Waals surface area contributed by atoms with Gasteiger partial charge in [0.25, 0.3) is 17.1 Å². The van der Waals surface area contributed by atoms with Crippen molar-refractivity contribution in [3.05, 3.63) is 57.5 Å². The molecule has 1 heterocycles. The molecule has 2 aromatic rings. The van der Waals surface area contributed by atoms with Gasteiger partial charge >= 0.3 is 5.97 Å². The number of halogens is 1. The van der Waals surface area contributed by atoms with E-state index < -0.39 is 23.7 Å².